The van der Waals surface area contributed by atoms with Crippen LogP contribution in [-0.4, -0.2) is 31.6 Å². The van der Waals surface area contributed by atoms with Gasteiger partial charge in [-0.05, 0) is 35.4 Å². The van der Waals surface area contributed by atoms with Crippen LogP contribution in [0.3, 0.4) is 0 Å². The number of nitrogens with one attached hydrogen (secondary N) is 1. The first-order chi connectivity index (χ1) is 8.81. The third-order valence-electron chi connectivity index (χ3n) is 2.65. The number of hydrogen-bond donors (Lipinski definition) is 1. The Morgan fingerprint density at radius 2 is 2.11 bits per heavy atom. The monoisotopic (exact) mass is 309 g/mol. The largest absolute Gasteiger partial charge is 0.353 e. The molecule has 1 aromatic heterocycles. The Morgan fingerprint density at radius 1 is 1.33 bits per heavy atom. The van der Waals surface area contributed by atoms with E-state index in [9.17, 15) is 0 Å². The first kappa shape index (κ1) is 13.0. The highest BCUT2D eigenvalue weighted by atomic mass is 79.9. The maximum Gasteiger partial charge on any atom is 0.247 e. The number of halogens is 1. The van der Waals surface area contributed by atoms with E-state index in [-0.39, 0.29) is 0 Å². The quantitative estimate of drug-likeness (QED) is 0.833. The fourth-order valence-corrected chi connectivity index (χ4v) is 1.81. The second-order valence-corrected chi connectivity index (χ2v) is 5.27. The van der Waals surface area contributed by atoms with Crippen LogP contribution in [0, 0.1) is 0 Å². The highest BCUT2D eigenvalue weighted by Gasteiger charge is 2.07. The molecule has 0 spiro atoms. The zero-order chi connectivity index (χ0) is 12.8. The van der Waals surface area contributed by atoms with Gasteiger partial charge in [-0.15, -0.1) is 0 Å². The molecule has 1 unspecified atom stereocenters. The molecule has 0 amide bonds. The van der Waals surface area contributed by atoms with Gasteiger partial charge in [-0.1, -0.05) is 46.2 Å². The third-order valence-corrected chi connectivity index (χ3v) is 3.76. The van der Waals surface area contributed by atoms with E-state index in [0.717, 1.165) is 25.1 Å². The Balaban J connectivity index is 2.00. The van der Waals surface area contributed by atoms with Crippen molar-refractivity contribution in [3.05, 3.63) is 30.3 Å². The molecule has 2 aromatic rings. The van der Waals surface area contributed by atoms with Crippen molar-refractivity contribution < 1.29 is 0 Å². The van der Waals surface area contributed by atoms with Gasteiger partial charge in [0.15, 0.2) is 0 Å². The summed E-state index contributed by atoms with van der Waals surface area (Å²) in [5.74, 6) is 0.678. The van der Waals surface area contributed by atoms with E-state index in [0.29, 0.717) is 10.8 Å². The molecule has 0 bridgehead atoms. The van der Waals surface area contributed by atoms with Gasteiger partial charge < -0.3 is 5.32 Å². The van der Waals surface area contributed by atoms with Crippen molar-refractivity contribution in [1.82, 2.24) is 20.2 Å². The maximum absolute atomic E-state index is 3.99. The normalized spacial score (nSPS) is 12.3. The van der Waals surface area contributed by atoms with Gasteiger partial charge >= 0.3 is 0 Å². The van der Waals surface area contributed by atoms with Crippen LogP contribution in [0.4, 0.5) is 5.95 Å². The number of nitrogens with zero attached hydrogens (tertiary/aromatic N) is 4. The van der Waals surface area contributed by atoms with Crippen molar-refractivity contribution in [1.29, 1.82) is 0 Å². The van der Waals surface area contributed by atoms with Crippen molar-refractivity contribution >= 4 is 21.9 Å². The molecule has 0 aliphatic carbocycles. The molecule has 2 rings (SSSR count). The number of anilines is 1. The molecule has 0 fully saturated rings. The van der Waals surface area contributed by atoms with Gasteiger partial charge in [0, 0.05) is 11.4 Å². The van der Waals surface area contributed by atoms with Crippen LogP contribution in [-0.2, 0) is 0 Å². The van der Waals surface area contributed by atoms with Gasteiger partial charge in [-0.3, -0.25) is 0 Å². The summed E-state index contributed by atoms with van der Waals surface area (Å²) in [4.78, 5) is 0.533. The van der Waals surface area contributed by atoms with E-state index < -0.39 is 0 Å². The van der Waals surface area contributed by atoms with Gasteiger partial charge in [-0.2, -0.15) is 4.68 Å². The number of hydrogen-bond acceptors (Lipinski definition) is 4. The van der Waals surface area contributed by atoms with E-state index in [1.165, 1.54) is 0 Å². The fourth-order valence-electron chi connectivity index (χ4n) is 1.59. The maximum atomic E-state index is 3.99. The Hall–Kier alpha value is -1.43. The number of benzene rings is 1. The minimum absolute atomic E-state index is 0.533. The van der Waals surface area contributed by atoms with Crippen LogP contribution in [0.1, 0.15) is 19.8 Å². The molecule has 0 saturated heterocycles. The summed E-state index contributed by atoms with van der Waals surface area (Å²) in [7, 11) is 0. The summed E-state index contributed by atoms with van der Waals surface area (Å²) in [5.41, 5.74) is 0.955. The lowest BCUT2D eigenvalue weighted by atomic mass is 10.2. The molecule has 1 aromatic carbocycles. The van der Waals surface area contributed by atoms with Crippen molar-refractivity contribution in [2.24, 2.45) is 0 Å². The highest BCUT2D eigenvalue weighted by Crippen LogP contribution is 2.12. The summed E-state index contributed by atoms with van der Waals surface area (Å²) in [6, 6.07) is 9.85. The lowest BCUT2D eigenvalue weighted by molar-refractivity contribution is 0.761. The lowest BCUT2D eigenvalue weighted by Crippen LogP contribution is -2.12. The highest BCUT2D eigenvalue weighted by molar-refractivity contribution is 9.09. The predicted molar refractivity (Wildman–Crippen MR) is 75.3 cm³/mol. The molecule has 96 valence electrons. The van der Waals surface area contributed by atoms with Crippen LogP contribution < -0.4 is 5.32 Å². The zero-order valence-corrected chi connectivity index (χ0v) is 11.8. The summed E-state index contributed by atoms with van der Waals surface area (Å²) in [5, 5.41) is 14.9. The van der Waals surface area contributed by atoms with Crippen LogP contribution in [0.5, 0.6) is 0 Å². The van der Waals surface area contributed by atoms with E-state index in [2.05, 4.69) is 43.7 Å². The van der Waals surface area contributed by atoms with Crippen LogP contribution >= 0.6 is 15.9 Å². The molecule has 1 N–H and O–H groups in total. The molecule has 0 radical (unpaired) electrons. The SMILES string of the molecule is CCC(Br)CCNc1nnnn1-c1ccccc1. The van der Waals surface area contributed by atoms with E-state index in [4.69, 9.17) is 0 Å². The molecular formula is C12H16BrN5. The van der Waals surface area contributed by atoms with Crippen molar-refractivity contribution in [3.8, 4) is 5.69 Å². The average molecular weight is 310 g/mol. The number of aromatic nitrogens is 4. The van der Waals surface area contributed by atoms with Gasteiger partial charge in [0.25, 0.3) is 0 Å². The Morgan fingerprint density at radius 3 is 2.83 bits per heavy atom. The number of rotatable bonds is 6. The molecule has 0 saturated carbocycles. The minimum Gasteiger partial charge on any atom is -0.353 e. The fraction of sp³-hybridized carbons (Fsp3) is 0.417. The topological polar surface area (TPSA) is 55.6 Å². The third kappa shape index (κ3) is 3.29. The van der Waals surface area contributed by atoms with Crippen LogP contribution in [0.25, 0.3) is 5.69 Å². The minimum atomic E-state index is 0.533. The zero-order valence-electron chi connectivity index (χ0n) is 10.3. The molecule has 0 aliphatic heterocycles. The molecule has 5 nitrogen and oxygen atoms in total. The van der Waals surface area contributed by atoms with Crippen LogP contribution in [0.15, 0.2) is 30.3 Å². The van der Waals surface area contributed by atoms with Crippen LogP contribution in [0.2, 0.25) is 0 Å². The summed E-state index contributed by atoms with van der Waals surface area (Å²) in [6.45, 7) is 3.00. The average Bonchev–Trinajstić information content (AvgIpc) is 2.88. The molecule has 18 heavy (non-hydrogen) atoms. The molecule has 1 heterocycles. The first-order valence-corrected chi connectivity index (χ1v) is 6.94. The number of para-hydroxylation sites is 1. The Kier molecular flexibility index (Phi) is 4.69. The molecular weight excluding hydrogens is 294 g/mol. The standard InChI is InChI=1S/C12H16BrN5/c1-2-10(13)8-9-14-12-15-16-17-18(12)11-6-4-3-5-7-11/h3-7,10H,2,8-9H2,1H3,(H,14,15,17). The second-order valence-electron chi connectivity index (χ2n) is 3.97. The van der Waals surface area contributed by atoms with Crippen molar-refractivity contribution in [2.75, 3.05) is 11.9 Å². The molecule has 6 heteroatoms. The second kappa shape index (κ2) is 6.49. The summed E-state index contributed by atoms with van der Waals surface area (Å²) >= 11 is 3.61. The van der Waals surface area contributed by atoms with Gasteiger partial charge in [0.1, 0.15) is 0 Å². The van der Waals surface area contributed by atoms with E-state index in [1.54, 1.807) is 4.68 Å². The van der Waals surface area contributed by atoms with Gasteiger partial charge in [0.2, 0.25) is 5.95 Å². The summed E-state index contributed by atoms with van der Waals surface area (Å²) < 4.78 is 1.70. The van der Waals surface area contributed by atoms with Gasteiger partial charge in [0.05, 0.1) is 5.69 Å². The molecule has 1 atom stereocenters. The lowest BCUT2D eigenvalue weighted by Gasteiger charge is -2.09. The van der Waals surface area contributed by atoms with Crippen molar-refractivity contribution in [3.63, 3.8) is 0 Å². The number of alkyl halides is 1. The first-order valence-electron chi connectivity index (χ1n) is 6.03. The number of tetrazole rings is 1. The molecule has 0 aliphatic rings. The Labute approximate surface area is 115 Å². The van der Waals surface area contributed by atoms with E-state index >= 15 is 0 Å². The van der Waals surface area contributed by atoms with Crippen molar-refractivity contribution in [2.45, 2.75) is 24.6 Å². The predicted octanol–water partition coefficient (Wildman–Crippen LogP) is 2.64. The Bertz CT molecular complexity index is 470. The van der Waals surface area contributed by atoms with Gasteiger partial charge in [-0.25, -0.2) is 0 Å². The summed E-state index contributed by atoms with van der Waals surface area (Å²) in [6.07, 6.45) is 2.16. The smallest absolute Gasteiger partial charge is 0.247 e. The van der Waals surface area contributed by atoms with E-state index in [1.807, 2.05) is 30.3 Å².